The van der Waals surface area contributed by atoms with Gasteiger partial charge in [-0.25, -0.2) is 0 Å². The molecule has 2 rings (SSSR count). The number of hydrogen-bond donors (Lipinski definition) is 0. The van der Waals surface area contributed by atoms with Gasteiger partial charge in [-0.1, -0.05) is 0 Å². The second-order valence-electron chi connectivity index (χ2n) is 5.57. The molecule has 103 valence electrons. The van der Waals surface area contributed by atoms with Gasteiger partial charge in [0.05, 0.1) is 24.4 Å². The van der Waals surface area contributed by atoms with Crippen molar-refractivity contribution in [1.82, 2.24) is 0 Å². The van der Waals surface area contributed by atoms with E-state index in [1.165, 1.54) is 7.69 Å². The van der Waals surface area contributed by atoms with E-state index in [1.54, 1.807) is 0 Å². The minimum Gasteiger partial charge on any atom is -0.411 e. The lowest BCUT2D eigenvalue weighted by Crippen LogP contribution is -2.41. The first kappa shape index (κ1) is 16.0. The van der Waals surface area contributed by atoms with Crippen LogP contribution in [0, 0.1) is 0 Å². The molecule has 2 aliphatic rings. The first-order chi connectivity index (χ1) is 8.24. The Morgan fingerprint density at radius 1 is 1.00 bits per heavy atom. The van der Waals surface area contributed by atoms with Crippen molar-refractivity contribution < 1.29 is 23.3 Å². The minimum atomic E-state index is -0.523. The molecule has 5 nitrogen and oxygen atoms in total. The summed E-state index contributed by atoms with van der Waals surface area (Å²) in [6.07, 6.45) is 0.120. The van der Waals surface area contributed by atoms with Gasteiger partial charge in [-0.2, -0.15) is 0 Å². The molecule has 0 N–H and O–H groups in total. The summed E-state index contributed by atoms with van der Waals surface area (Å²) < 4.78 is 25.9. The summed E-state index contributed by atoms with van der Waals surface area (Å²) in [7, 11) is 0.838. The zero-order chi connectivity index (χ0) is 13.8. The molecule has 0 spiro atoms. The van der Waals surface area contributed by atoms with Crippen LogP contribution < -0.4 is 0 Å². The van der Waals surface area contributed by atoms with E-state index < -0.39 is 7.32 Å². The predicted octanol–water partition coefficient (Wildman–Crippen LogP) is 1.57. The SMILES string of the molecule is CC(C)OB1OC(C)(C)C(C)(C)O1.[B]1OCCO1. The molecule has 1 radical (unpaired) electrons. The fourth-order valence-corrected chi connectivity index (χ4v) is 1.31. The summed E-state index contributed by atoms with van der Waals surface area (Å²) >= 11 is 0. The summed E-state index contributed by atoms with van der Waals surface area (Å²) in [5.41, 5.74) is -0.598. The predicted molar refractivity (Wildman–Crippen MR) is 70.0 cm³/mol. The normalized spacial score (nSPS) is 24.7. The summed E-state index contributed by atoms with van der Waals surface area (Å²) in [5.74, 6) is 0. The molecule has 0 amide bonds. The van der Waals surface area contributed by atoms with E-state index in [-0.39, 0.29) is 17.3 Å². The quantitative estimate of drug-likeness (QED) is 0.702. The Morgan fingerprint density at radius 3 is 1.72 bits per heavy atom. The summed E-state index contributed by atoms with van der Waals surface area (Å²) in [6, 6.07) is 0. The Kier molecular flexibility index (Phi) is 5.67. The Hall–Kier alpha value is -0.0701. The third kappa shape index (κ3) is 4.55. The minimum absolute atomic E-state index is 0.120. The molecule has 18 heavy (non-hydrogen) atoms. The van der Waals surface area contributed by atoms with Gasteiger partial charge < -0.3 is 23.3 Å². The third-order valence-electron chi connectivity index (χ3n) is 3.07. The molecule has 2 saturated heterocycles. The summed E-state index contributed by atoms with van der Waals surface area (Å²) in [5, 5.41) is 0. The Labute approximate surface area is 111 Å². The van der Waals surface area contributed by atoms with Crippen LogP contribution in [0.1, 0.15) is 41.5 Å². The lowest BCUT2D eigenvalue weighted by molar-refractivity contribution is 0.00578. The Balaban J connectivity index is 0.000000269. The van der Waals surface area contributed by atoms with Crippen LogP contribution in [-0.2, 0) is 23.3 Å². The molecule has 0 aliphatic carbocycles. The monoisotopic (exact) mass is 257 g/mol. The van der Waals surface area contributed by atoms with Crippen LogP contribution in [0.2, 0.25) is 0 Å². The standard InChI is InChI=1S/C9H19BO3.C2H4BO2/c1-7(2)11-10-12-8(3,4)9(5,6)13-10;1-2-5-3-4-1/h7H,1-6H3;1-2H2. The van der Waals surface area contributed by atoms with Crippen LogP contribution in [0.15, 0.2) is 0 Å². The van der Waals surface area contributed by atoms with Gasteiger partial charge in [0.15, 0.2) is 0 Å². The Morgan fingerprint density at radius 2 is 1.44 bits per heavy atom. The maximum absolute atomic E-state index is 5.63. The van der Waals surface area contributed by atoms with Crippen LogP contribution in [0.3, 0.4) is 0 Å². The summed E-state index contributed by atoms with van der Waals surface area (Å²) in [4.78, 5) is 0. The van der Waals surface area contributed by atoms with E-state index in [1.807, 2.05) is 41.5 Å². The zero-order valence-corrected chi connectivity index (χ0v) is 12.2. The van der Waals surface area contributed by atoms with E-state index in [0.717, 1.165) is 13.2 Å². The molecule has 2 fully saturated rings. The molecule has 0 aromatic carbocycles. The van der Waals surface area contributed by atoms with Gasteiger partial charge in [0.2, 0.25) is 0 Å². The van der Waals surface area contributed by atoms with Crippen LogP contribution in [0.5, 0.6) is 0 Å². The van der Waals surface area contributed by atoms with Gasteiger partial charge in [-0.05, 0) is 41.5 Å². The first-order valence-corrected chi connectivity index (χ1v) is 6.30. The molecule has 0 aromatic rings. The lowest BCUT2D eigenvalue weighted by Gasteiger charge is -2.31. The second kappa shape index (κ2) is 6.39. The van der Waals surface area contributed by atoms with Crippen molar-refractivity contribution in [1.29, 1.82) is 0 Å². The molecule has 0 bridgehead atoms. The molecule has 0 unspecified atom stereocenters. The highest BCUT2D eigenvalue weighted by molar-refractivity contribution is 6.37. The molecular weight excluding hydrogens is 234 g/mol. The fourth-order valence-electron chi connectivity index (χ4n) is 1.31. The van der Waals surface area contributed by atoms with Gasteiger partial charge in [0.25, 0.3) is 0 Å². The molecule has 0 saturated carbocycles. The second-order valence-corrected chi connectivity index (χ2v) is 5.57. The van der Waals surface area contributed by atoms with Crippen molar-refractivity contribution >= 4 is 15.0 Å². The molecule has 2 heterocycles. The molecule has 2 aliphatic heterocycles. The fraction of sp³-hybridized carbons (Fsp3) is 1.00. The van der Waals surface area contributed by atoms with Crippen molar-refractivity contribution in [3.8, 4) is 0 Å². The highest BCUT2D eigenvalue weighted by Crippen LogP contribution is 2.36. The highest BCUT2D eigenvalue weighted by Gasteiger charge is 2.53. The molecule has 0 atom stereocenters. The van der Waals surface area contributed by atoms with E-state index >= 15 is 0 Å². The van der Waals surface area contributed by atoms with Gasteiger partial charge >= 0.3 is 15.0 Å². The molecular formula is C11H23B2O5. The highest BCUT2D eigenvalue weighted by atomic mass is 16.8. The van der Waals surface area contributed by atoms with Crippen molar-refractivity contribution in [3.63, 3.8) is 0 Å². The average molecular weight is 257 g/mol. The Bertz CT molecular complexity index is 230. The maximum atomic E-state index is 5.63. The number of hydrogen-bond acceptors (Lipinski definition) is 5. The third-order valence-corrected chi connectivity index (χ3v) is 3.07. The van der Waals surface area contributed by atoms with Crippen LogP contribution in [-0.4, -0.2) is 45.5 Å². The van der Waals surface area contributed by atoms with E-state index in [9.17, 15) is 0 Å². The topological polar surface area (TPSA) is 46.2 Å². The van der Waals surface area contributed by atoms with Gasteiger partial charge in [0.1, 0.15) is 0 Å². The smallest absolute Gasteiger partial charge is 0.411 e. The van der Waals surface area contributed by atoms with Crippen LogP contribution >= 0.6 is 0 Å². The zero-order valence-electron chi connectivity index (χ0n) is 12.2. The van der Waals surface area contributed by atoms with E-state index in [4.69, 9.17) is 14.0 Å². The van der Waals surface area contributed by atoms with Crippen LogP contribution in [0.25, 0.3) is 0 Å². The van der Waals surface area contributed by atoms with Crippen molar-refractivity contribution in [2.45, 2.75) is 58.8 Å². The summed E-state index contributed by atoms with van der Waals surface area (Å²) in [6.45, 7) is 13.4. The largest absolute Gasteiger partial charge is 0.640 e. The molecule has 0 aromatic heterocycles. The first-order valence-electron chi connectivity index (χ1n) is 6.30. The van der Waals surface area contributed by atoms with Crippen molar-refractivity contribution in [3.05, 3.63) is 0 Å². The van der Waals surface area contributed by atoms with Crippen molar-refractivity contribution in [2.24, 2.45) is 0 Å². The maximum Gasteiger partial charge on any atom is 0.640 e. The van der Waals surface area contributed by atoms with E-state index in [2.05, 4.69) is 9.31 Å². The van der Waals surface area contributed by atoms with Crippen LogP contribution in [0.4, 0.5) is 0 Å². The average Bonchev–Trinajstić information content (AvgIpc) is 2.75. The molecule has 7 heteroatoms. The van der Waals surface area contributed by atoms with Gasteiger partial charge in [-0.3, -0.25) is 0 Å². The van der Waals surface area contributed by atoms with E-state index in [0.29, 0.717) is 0 Å². The van der Waals surface area contributed by atoms with Gasteiger partial charge in [0, 0.05) is 6.10 Å². The van der Waals surface area contributed by atoms with Gasteiger partial charge in [-0.15, -0.1) is 0 Å². The van der Waals surface area contributed by atoms with Crippen molar-refractivity contribution in [2.75, 3.05) is 13.2 Å². The lowest BCUT2D eigenvalue weighted by atomic mass is 9.90. The number of rotatable bonds is 2.